The number of likely N-dealkylation sites (tertiary alicyclic amines) is 1. The van der Waals surface area contributed by atoms with Crippen LogP contribution in [0.25, 0.3) is 0 Å². The minimum absolute atomic E-state index is 0.0829. The molecule has 6 nitrogen and oxygen atoms in total. The number of nitrogens with one attached hydrogen (secondary N) is 1. The first-order valence-corrected chi connectivity index (χ1v) is 10.0. The smallest absolute Gasteiger partial charge is 0.224 e. The number of amides is 1. The Morgan fingerprint density at radius 3 is 2.68 bits per heavy atom. The summed E-state index contributed by atoms with van der Waals surface area (Å²) in [6, 6.07) is 0.568. The van der Waals surface area contributed by atoms with Crippen molar-refractivity contribution in [2.24, 2.45) is 11.8 Å². The summed E-state index contributed by atoms with van der Waals surface area (Å²) in [4.78, 5) is 17.4. The molecular formula is C19H35N3O3. The van der Waals surface area contributed by atoms with Gasteiger partial charge in [-0.3, -0.25) is 4.79 Å². The van der Waals surface area contributed by atoms with Crippen LogP contribution < -0.4 is 5.32 Å². The molecule has 0 bridgehead atoms. The van der Waals surface area contributed by atoms with Gasteiger partial charge in [0.2, 0.25) is 5.91 Å². The van der Waals surface area contributed by atoms with Crippen molar-refractivity contribution >= 4 is 5.91 Å². The zero-order valence-electron chi connectivity index (χ0n) is 16.1. The molecule has 1 amide bonds. The number of fused-ring (bicyclic) bond motifs is 1. The van der Waals surface area contributed by atoms with Crippen molar-refractivity contribution in [2.75, 3.05) is 53.0 Å². The van der Waals surface area contributed by atoms with Gasteiger partial charge in [-0.2, -0.15) is 0 Å². The van der Waals surface area contributed by atoms with Gasteiger partial charge in [0.15, 0.2) is 5.79 Å². The van der Waals surface area contributed by atoms with Gasteiger partial charge in [-0.15, -0.1) is 0 Å². The van der Waals surface area contributed by atoms with Gasteiger partial charge in [0, 0.05) is 38.5 Å². The lowest BCUT2D eigenvalue weighted by Gasteiger charge is -2.49. The SMILES string of the molecule is CCN(CC)CCNC(=O)[C@@H]1C[C@@H]2CC3(CC[C@H]2N(C)C1)OCCO3. The average Bonchev–Trinajstić information content (AvgIpc) is 3.05. The quantitative estimate of drug-likeness (QED) is 0.780. The second kappa shape index (κ2) is 8.33. The number of hydrogen-bond donors (Lipinski definition) is 1. The Morgan fingerprint density at radius 1 is 1.28 bits per heavy atom. The molecule has 0 radical (unpaired) electrons. The lowest BCUT2D eigenvalue weighted by molar-refractivity contribution is -0.202. The largest absolute Gasteiger partial charge is 0.355 e. The lowest BCUT2D eigenvalue weighted by atomic mass is 9.72. The van der Waals surface area contributed by atoms with Crippen LogP contribution in [0, 0.1) is 11.8 Å². The van der Waals surface area contributed by atoms with E-state index >= 15 is 0 Å². The molecule has 0 unspecified atom stereocenters. The summed E-state index contributed by atoms with van der Waals surface area (Å²) < 4.78 is 11.9. The van der Waals surface area contributed by atoms with E-state index in [2.05, 4.69) is 36.0 Å². The van der Waals surface area contributed by atoms with Gasteiger partial charge < -0.3 is 24.6 Å². The van der Waals surface area contributed by atoms with Crippen molar-refractivity contribution in [3.8, 4) is 0 Å². The summed E-state index contributed by atoms with van der Waals surface area (Å²) in [6.07, 6.45) is 3.99. The highest BCUT2D eigenvalue weighted by atomic mass is 16.7. The fraction of sp³-hybridized carbons (Fsp3) is 0.947. The fourth-order valence-electron chi connectivity index (χ4n) is 4.96. The van der Waals surface area contributed by atoms with Gasteiger partial charge in [0.1, 0.15) is 0 Å². The van der Waals surface area contributed by atoms with E-state index in [0.29, 0.717) is 25.2 Å². The molecule has 1 aliphatic carbocycles. The fourth-order valence-corrected chi connectivity index (χ4v) is 4.96. The summed E-state index contributed by atoms with van der Waals surface area (Å²) in [6.45, 7) is 10.3. The van der Waals surface area contributed by atoms with Gasteiger partial charge in [-0.1, -0.05) is 13.8 Å². The molecule has 0 aromatic rings. The Balaban J connectivity index is 1.52. The van der Waals surface area contributed by atoms with Crippen molar-refractivity contribution in [2.45, 2.75) is 51.4 Å². The molecule has 0 aromatic carbocycles. The first-order valence-electron chi connectivity index (χ1n) is 10.0. The predicted molar refractivity (Wildman–Crippen MR) is 97.3 cm³/mol. The van der Waals surface area contributed by atoms with Gasteiger partial charge >= 0.3 is 0 Å². The molecule has 3 atom stereocenters. The van der Waals surface area contributed by atoms with Crippen LogP contribution in [-0.2, 0) is 14.3 Å². The molecule has 1 N–H and O–H groups in total. The predicted octanol–water partition coefficient (Wildman–Crippen LogP) is 1.31. The van der Waals surface area contributed by atoms with E-state index in [0.717, 1.165) is 58.4 Å². The highest BCUT2D eigenvalue weighted by molar-refractivity contribution is 5.79. The van der Waals surface area contributed by atoms with Crippen LogP contribution in [0.4, 0.5) is 0 Å². The van der Waals surface area contributed by atoms with Crippen LogP contribution in [-0.4, -0.2) is 80.5 Å². The summed E-state index contributed by atoms with van der Waals surface area (Å²) >= 11 is 0. The van der Waals surface area contributed by atoms with E-state index in [1.54, 1.807) is 0 Å². The monoisotopic (exact) mass is 353 g/mol. The minimum Gasteiger partial charge on any atom is -0.355 e. The van der Waals surface area contributed by atoms with Gasteiger partial charge in [-0.25, -0.2) is 0 Å². The molecule has 0 aromatic heterocycles. The zero-order chi connectivity index (χ0) is 17.9. The Kier molecular flexibility index (Phi) is 6.36. The van der Waals surface area contributed by atoms with Crippen LogP contribution in [0.1, 0.15) is 39.5 Å². The third-order valence-corrected chi connectivity index (χ3v) is 6.41. The first-order chi connectivity index (χ1) is 12.1. The molecule has 6 heteroatoms. The number of carbonyl (C=O) groups is 1. The van der Waals surface area contributed by atoms with Crippen LogP contribution in [0.5, 0.6) is 0 Å². The Hall–Kier alpha value is -0.690. The molecule has 1 spiro atoms. The molecule has 25 heavy (non-hydrogen) atoms. The van der Waals surface area contributed by atoms with E-state index in [9.17, 15) is 4.79 Å². The molecule has 2 heterocycles. The van der Waals surface area contributed by atoms with Crippen molar-refractivity contribution in [3.63, 3.8) is 0 Å². The summed E-state index contributed by atoms with van der Waals surface area (Å²) in [5, 5.41) is 3.16. The third kappa shape index (κ3) is 4.35. The van der Waals surface area contributed by atoms with Crippen molar-refractivity contribution in [1.29, 1.82) is 0 Å². The van der Waals surface area contributed by atoms with E-state index in [1.807, 2.05) is 0 Å². The maximum absolute atomic E-state index is 12.7. The molecule has 144 valence electrons. The van der Waals surface area contributed by atoms with E-state index in [4.69, 9.17) is 9.47 Å². The normalized spacial score (nSPS) is 32.1. The summed E-state index contributed by atoms with van der Waals surface area (Å²) in [5.41, 5.74) is 0. The Morgan fingerprint density at radius 2 is 2.00 bits per heavy atom. The number of nitrogens with zero attached hydrogens (tertiary/aromatic N) is 2. The maximum atomic E-state index is 12.7. The Bertz CT molecular complexity index is 449. The second-order valence-electron chi connectivity index (χ2n) is 7.87. The van der Waals surface area contributed by atoms with Crippen molar-refractivity contribution < 1.29 is 14.3 Å². The standard InChI is InChI=1S/C19H35N3O3/c1-4-22(5-2)9-8-20-18(23)16-12-15-13-19(24-10-11-25-19)7-6-17(15)21(3)14-16/h15-17H,4-14H2,1-3H3,(H,20,23)/t15-,16-,17-/m1/s1. The number of rotatable bonds is 6. The van der Waals surface area contributed by atoms with Crippen LogP contribution >= 0.6 is 0 Å². The van der Waals surface area contributed by atoms with Crippen LogP contribution in [0.15, 0.2) is 0 Å². The zero-order valence-corrected chi connectivity index (χ0v) is 16.1. The number of carbonyl (C=O) groups excluding carboxylic acids is 1. The van der Waals surface area contributed by atoms with Gasteiger partial charge in [0.25, 0.3) is 0 Å². The molecule has 3 rings (SSSR count). The number of likely N-dealkylation sites (N-methyl/N-ethyl adjacent to an activating group) is 1. The topological polar surface area (TPSA) is 54.0 Å². The van der Waals surface area contributed by atoms with Crippen molar-refractivity contribution in [3.05, 3.63) is 0 Å². The maximum Gasteiger partial charge on any atom is 0.224 e. The van der Waals surface area contributed by atoms with Gasteiger partial charge in [-0.05, 0) is 38.9 Å². The van der Waals surface area contributed by atoms with E-state index < -0.39 is 0 Å². The summed E-state index contributed by atoms with van der Waals surface area (Å²) in [7, 11) is 2.17. The average molecular weight is 354 g/mol. The minimum atomic E-state index is -0.358. The van der Waals surface area contributed by atoms with E-state index in [1.165, 1.54) is 0 Å². The molecule has 3 fully saturated rings. The molecule has 1 saturated carbocycles. The lowest BCUT2D eigenvalue weighted by Crippen LogP contribution is -2.55. The number of hydrogen-bond acceptors (Lipinski definition) is 5. The molecular weight excluding hydrogens is 318 g/mol. The highest BCUT2D eigenvalue weighted by Crippen LogP contribution is 2.44. The van der Waals surface area contributed by atoms with E-state index in [-0.39, 0.29) is 17.6 Å². The number of piperidine rings is 1. The molecule has 2 saturated heterocycles. The molecule has 3 aliphatic rings. The summed E-state index contributed by atoms with van der Waals surface area (Å²) in [5.74, 6) is 0.428. The van der Waals surface area contributed by atoms with Crippen LogP contribution in [0.3, 0.4) is 0 Å². The van der Waals surface area contributed by atoms with Gasteiger partial charge in [0.05, 0.1) is 19.1 Å². The highest BCUT2D eigenvalue weighted by Gasteiger charge is 2.49. The number of ether oxygens (including phenoxy) is 2. The second-order valence-corrected chi connectivity index (χ2v) is 7.87. The molecule has 2 aliphatic heterocycles. The third-order valence-electron chi connectivity index (χ3n) is 6.41. The van der Waals surface area contributed by atoms with Crippen molar-refractivity contribution in [1.82, 2.24) is 15.1 Å². The van der Waals surface area contributed by atoms with Crippen LogP contribution in [0.2, 0.25) is 0 Å². The Labute approximate surface area is 152 Å². The first kappa shape index (κ1) is 19.1.